The van der Waals surface area contributed by atoms with Gasteiger partial charge in [0.25, 0.3) is 0 Å². The summed E-state index contributed by atoms with van der Waals surface area (Å²) in [6, 6.07) is 10.7. The highest BCUT2D eigenvalue weighted by Gasteiger charge is 2.17. The van der Waals surface area contributed by atoms with Crippen molar-refractivity contribution in [1.29, 1.82) is 0 Å². The van der Waals surface area contributed by atoms with Crippen molar-refractivity contribution in [3.8, 4) is 0 Å². The van der Waals surface area contributed by atoms with Crippen molar-refractivity contribution in [1.82, 2.24) is 10.2 Å². The van der Waals surface area contributed by atoms with E-state index in [2.05, 4.69) is 49.3 Å². The molecule has 0 amide bonds. The van der Waals surface area contributed by atoms with Gasteiger partial charge in [-0.3, -0.25) is 0 Å². The molecule has 116 valence electrons. The summed E-state index contributed by atoms with van der Waals surface area (Å²) in [6.07, 6.45) is 3.62. The number of para-hydroxylation sites is 1. The van der Waals surface area contributed by atoms with E-state index in [0.717, 1.165) is 37.4 Å². The van der Waals surface area contributed by atoms with Crippen LogP contribution in [0.2, 0.25) is 0 Å². The monoisotopic (exact) mass is 288 g/mol. The fourth-order valence-electron chi connectivity index (χ4n) is 2.58. The number of benzene rings is 1. The van der Waals surface area contributed by atoms with E-state index < -0.39 is 0 Å². The standard InChI is InChI=1S/C18H28N2O/c1-4-6-12-20(3)14-16(19-11-5-2)18-13-15-9-7-8-10-17(15)21-18/h7-10,13,16,19H,4-6,11-12,14H2,1-3H3. The molecule has 0 saturated carbocycles. The molecule has 0 radical (unpaired) electrons. The molecule has 21 heavy (non-hydrogen) atoms. The maximum absolute atomic E-state index is 6.04. The van der Waals surface area contributed by atoms with Gasteiger partial charge in [0.2, 0.25) is 0 Å². The van der Waals surface area contributed by atoms with Crippen LogP contribution >= 0.6 is 0 Å². The Morgan fingerprint density at radius 3 is 2.71 bits per heavy atom. The number of hydrogen-bond acceptors (Lipinski definition) is 3. The summed E-state index contributed by atoms with van der Waals surface area (Å²) in [5.41, 5.74) is 0.979. The molecule has 2 aromatic rings. The van der Waals surface area contributed by atoms with Gasteiger partial charge in [-0.2, -0.15) is 0 Å². The van der Waals surface area contributed by atoms with Crippen LogP contribution in [0, 0.1) is 0 Å². The lowest BCUT2D eigenvalue weighted by Crippen LogP contribution is -2.33. The van der Waals surface area contributed by atoms with Crippen LogP contribution in [0.4, 0.5) is 0 Å². The van der Waals surface area contributed by atoms with Gasteiger partial charge in [0.15, 0.2) is 0 Å². The quantitative estimate of drug-likeness (QED) is 0.749. The fourth-order valence-corrected chi connectivity index (χ4v) is 2.58. The summed E-state index contributed by atoms with van der Waals surface area (Å²) in [7, 11) is 2.19. The third kappa shape index (κ3) is 4.58. The van der Waals surface area contributed by atoms with E-state index in [4.69, 9.17) is 4.42 Å². The van der Waals surface area contributed by atoms with E-state index in [1.54, 1.807) is 0 Å². The van der Waals surface area contributed by atoms with Gasteiger partial charge in [-0.25, -0.2) is 0 Å². The lowest BCUT2D eigenvalue weighted by atomic mass is 10.1. The second-order valence-corrected chi connectivity index (χ2v) is 5.81. The van der Waals surface area contributed by atoms with E-state index in [0.29, 0.717) is 0 Å². The summed E-state index contributed by atoms with van der Waals surface area (Å²) < 4.78 is 6.04. The maximum atomic E-state index is 6.04. The molecule has 2 rings (SSSR count). The molecule has 1 unspecified atom stereocenters. The van der Waals surface area contributed by atoms with Crippen molar-refractivity contribution in [2.75, 3.05) is 26.7 Å². The van der Waals surface area contributed by atoms with E-state index >= 15 is 0 Å². The molecule has 1 aromatic heterocycles. The first kappa shape index (κ1) is 16.1. The van der Waals surface area contributed by atoms with Gasteiger partial charge in [0.1, 0.15) is 11.3 Å². The average Bonchev–Trinajstić information content (AvgIpc) is 2.93. The minimum atomic E-state index is 0.263. The minimum Gasteiger partial charge on any atom is -0.459 e. The Labute approximate surface area is 128 Å². The molecule has 0 bridgehead atoms. The molecular weight excluding hydrogens is 260 g/mol. The first-order chi connectivity index (χ1) is 10.2. The highest BCUT2D eigenvalue weighted by atomic mass is 16.3. The number of nitrogens with one attached hydrogen (secondary N) is 1. The van der Waals surface area contributed by atoms with Crippen molar-refractivity contribution in [3.63, 3.8) is 0 Å². The van der Waals surface area contributed by atoms with Crippen LogP contribution in [0.5, 0.6) is 0 Å². The normalized spacial score (nSPS) is 13.1. The van der Waals surface area contributed by atoms with E-state index in [1.807, 2.05) is 12.1 Å². The largest absolute Gasteiger partial charge is 0.459 e. The van der Waals surface area contributed by atoms with Gasteiger partial charge in [-0.1, -0.05) is 38.5 Å². The van der Waals surface area contributed by atoms with Crippen LogP contribution < -0.4 is 5.32 Å². The van der Waals surface area contributed by atoms with E-state index in [1.165, 1.54) is 18.2 Å². The summed E-state index contributed by atoms with van der Waals surface area (Å²) >= 11 is 0. The second-order valence-electron chi connectivity index (χ2n) is 5.81. The Morgan fingerprint density at radius 2 is 2.00 bits per heavy atom. The van der Waals surface area contributed by atoms with Gasteiger partial charge in [0, 0.05) is 11.9 Å². The van der Waals surface area contributed by atoms with Gasteiger partial charge >= 0.3 is 0 Å². The Kier molecular flexibility index (Phi) is 6.27. The Morgan fingerprint density at radius 1 is 1.19 bits per heavy atom. The molecule has 1 aromatic carbocycles. The summed E-state index contributed by atoms with van der Waals surface area (Å²) in [5.74, 6) is 1.05. The molecule has 1 atom stereocenters. The lowest BCUT2D eigenvalue weighted by Gasteiger charge is -2.23. The lowest BCUT2D eigenvalue weighted by molar-refractivity contribution is 0.269. The number of fused-ring (bicyclic) bond motifs is 1. The van der Waals surface area contributed by atoms with Gasteiger partial charge in [-0.15, -0.1) is 0 Å². The number of unbranched alkanes of at least 4 members (excludes halogenated alkanes) is 1. The summed E-state index contributed by atoms with van der Waals surface area (Å²) in [6.45, 7) is 7.58. The Hall–Kier alpha value is -1.32. The molecular formula is C18H28N2O. The van der Waals surface area contributed by atoms with E-state index in [-0.39, 0.29) is 6.04 Å². The average molecular weight is 288 g/mol. The SMILES string of the molecule is CCCCN(C)CC(NCCC)c1cc2ccccc2o1. The van der Waals surface area contributed by atoms with Crippen molar-refractivity contribution in [2.45, 2.75) is 39.2 Å². The Bertz CT molecular complexity index is 502. The minimum absolute atomic E-state index is 0.263. The predicted molar refractivity (Wildman–Crippen MR) is 89.7 cm³/mol. The number of nitrogens with zero attached hydrogens (tertiary/aromatic N) is 1. The van der Waals surface area contributed by atoms with Crippen LogP contribution in [-0.4, -0.2) is 31.6 Å². The smallest absolute Gasteiger partial charge is 0.134 e. The molecule has 0 spiro atoms. The zero-order valence-electron chi connectivity index (χ0n) is 13.6. The first-order valence-electron chi connectivity index (χ1n) is 8.15. The third-order valence-electron chi connectivity index (χ3n) is 3.82. The highest BCUT2D eigenvalue weighted by Crippen LogP contribution is 2.24. The molecule has 0 fully saturated rings. The molecule has 1 heterocycles. The van der Waals surface area contributed by atoms with Crippen molar-refractivity contribution in [3.05, 3.63) is 36.1 Å². The second kappa shape index (κ2) is 8.20. The molecule has 1 N–H and O–H groups in total. The van der Waals surface area contributed by atoms with Gasteiger partial charge in [0.05, 0.1) is 6.04 Å². The topological polar surface area (TPSA) is 28.4 Å². The van der Waals surface area contributed by atoms with Crippen LogP contribution in [0.25, 0.3) is 11.0 Å². The highest BCUT2D eigenvalue weighted by molar-refractivity contribution is 5.77. The van der Waals surface area contributed by atoms with Crippen LogP contribution in [0.3, 0.4) is 0 Å². The van der Waals surface area contributed by atoms with Gasteiger partial charge in [-0.05, 0) is 45.1 Å². The number of hydrogen-bond donors (Lipinski definition) is 1. The van der Waals surface area contributed by atoms with Crippen LogP contribution in [-0.2, 0) is 0 Å². The number of rotatable bonds is 9. The zero-order chi connectivity index (χ0) is 15.1. The molecule has 0 aliphatic carbocycles. The van der Waals surface area contributed by atoms with Crippen molar-refractivity contribution >= 4 is 11.0 Å². The van der Waals surface area contributed by atoms with Crippen LogP contribution in [0.1, 0.15) is 44.9 Å². The molecule has 0 aliphatic heterocycles. The molecule has 3 nitrogen and oxygen atoms in total. The Balaban J connectivity index is 2.10. The van der Waals surface area contributed by atoms with Crippen LogP contribution in [0.15, 0.2) is 34.7 Å². The van der Waals surface area contributed by atoms with Gasteiger partial charge < -0.3 is 14.6 Å². The number of likely N-dealkylation sites (N-methyl/N-ethyl adjacent to an activating group) is 1. The molecule has 0 aliphatic rings. The zero-order valence-corrected chi connectivity index (χ0v) is 13.6. The predicted octanol–water partition coefficient (Wildman–Crippen LogP) is 4.21. The summed E-state index contributed by atoms with van der Waals surface area (Å²) in [5, 5.41) is 4.81. The molecule has 0 saturated heterocycles. The van der Waals surface area contributed by atoms with E-state index in [9.17, 15) is 0 Å². The summed E-state index contributed by atoms with van der Waals surface area (Å²) in [4.78, 5) is 2.39. The third-order valence-corrected chi connectivity index (χ3v) is 3.82. The first-order valence-corrected chi connectivity index (χ1v) is 8.15. The van der Waals surface area contributed by atoms with Crippen molar-refractivity contribution in [2.24, 2.45) is 0 Å². The maximum Gasteiger partial charge on any atom is 0.134 e. The number of furan rings is 1. The van der Waals surface area contributed by atoms with Crippen molar-refractivity contribution < 1.29 is 4.42 Å². The fraction of sp³-hybridized carbons (Fsp3) is 0.556. The molecule has 3 heteroatoms.